The number of hydrogen-bond acceptors (Lipinski definition) is 15. The van der Waals surface area contributed by atoms with E-state index in [0.717, 1.165) is 11.3 Å². The summed E-state index contributed by atoms with van der Waals surface area (Å²) in [5.74, 6) is -28.1. The lowest BCUT2D eigenvalue weighted by Gasteiger charge is -2.29. The first-order valence-electron chi connectivity index (χ1n) is 28.4. The van der Waals surface area contributed by atoms with Gasteiger partial charge in [0.15, 0.2) is 116 Å². The van der Waals surface area contributed by atoms with E-state index in [2.05, 4.69) is 10.5 Å². The quantitative estimate of drug-likeness (QED) is 0.0285. The molecule has 0 unspecified atom stereocenters. The van der Waals surface area contributed by atoms with E-state index in [-0.39, 0.29) is 52.7 Å². The van der Waals surface area contributed by atoms with Crippen molar-refractivity contribution in [3.05, 3.63) is 194 Å². The van der Waals surface area contributed by atoms with Gasteiger partial charge in [-0.05, 0) is 79.2 Å². The average Bonchev–Trinajstić information content (AvgIpc) is 0.751. The van der Waals surface area contributed by atoms with Gasteiger partial charge in [-0.2, -0.15) is 0 Å². The number of anilines is 2. The molecule has 39 heteroatoms. The van der Waals surface area contributed by atoms with Crippen LogP contribution in [-0.4, -0.2) is 82.2 Å². The fourth-order valence-corrected chi connectivity index (χ4v) is 15.9. The summed E-state index contributed by atoms with van der Waals surface area (Å²) >= 11 is 0. The Morgan fingerprint density at radius 3 is 1.13 bits per heavy atom. The van der Waals surface area contributed by atoms with Gasteiger partial charge in [0.05, 0.1) is 24.3 Å². The third kappa shape index (κ3) is 20.4. The first-order chi connectivity index (χ1) is 45.6. The Morgan fingerprint density at radius 1 is 0.420 bits per heavy atom. The highest BCUT2D eigenvalue weighted by Gasteiger charge is 2.39. The van der Waals surface area contributed by atoms with E-state index in [0.29, 0.717) is 35.3 Å². The number of primary sulfonamides is 4. The van der Waals surface area contributed by atoms with Gasteiger partial charge >= 0.3 is 0 Å². The minimum Gasteiger partial charge on any atom is -0.497 e. The van der Waals surface area contributed by atoms with Crippen molar-refractivity contribution in [2.24, 2.45) is 26.0 Å². The van der Waals surface area contributed by atoms with Crippen LogP contribution < -0.4 is 35.5 Å². The van der Waals surface area contributed by atoms with Crippen molar-refractivity contribution in [1.82, 2.24) is 0 Å². The van der Waals surface area contributed by atoms with Crippen molar-refractivity contribution >= 4 is 71.1 Å². The van der Waals surface area contributed by atoms with Crippen LogP contribution in [-0.2, 0) is 92.0 Å². The van der Waals surface area contributed by atoms with Crippen molar-refractivity contribution in [1.29, 1.82) is 0 Å². The predicted molar refractivity (Wildman–Crippen MR) is 341 cm³/mol. The monoisotopic (exact) mass is 1550 g/mol. The minimum atomic E-state index is -4.97. The zero-order chi connectivity index (χ0) is 75.0. The van der Waals surface area contributed by atoms with Crippen molar-refractivity contribution in [2.45, 2.75) is 116 Å². The van der Waals surface area contributed by atoms with Crippen molar-refractivity contribution in [3.63, 3.8) is 0 Å². The Balaban J connectivity index is 0.000000284. The minimum absolute atomic E-state index is 0. The third-order valence-electron chi connectivity index (χ3n) is 14.2. The number of sulfonamides is 4. The van der Waals surface area contributed by atoms with E-state index in [4.69, 9.17) is 20.2 Å². The Kier molecular flexibility index (Phi) is 28.5. The zero-order valence-corrected chi connectivity index (χ0v) is 57.3. The van der Waals surface area contributed by atoms with E-state index < -0.39 is 210 Å². The van der Waals surface area contributed by atoms with Crippen LogP contribution in [0.1, 0.15) is 82.2 Å². The number of nitrogens with one attached hydrogen (secondary N) is 1. The molecule has 9 N–H and O–H groups in total. The van der Waals surface area contributed by atoms with E-state index in [1.54, 1.807) is 106 Å². The second-order valence-electron chi connectivity index (χ2n) is 22.7. The topological polar surface area (TPSA) is 333 Å². The number of halogens is 14. The molecule has 0 aliphatic carbocycles. The Morgan fingerprint density at radius 2 is 0.760 bits per heavy atom. The first kappa shape index (κ1) is 84.9. The average molecular weight is 1550 g/mol. The van der Waals surface area contributed by atoms with Gasteiger partial charge in [0.1, 0.15) is 26.1 Å². The van der Waals surface area contributed by atoms with Gasteiger partial charge in [-0.3, -0.25) is 0 Å². The van der Waals surface area contributed by atoms with Crippen LogP contribution in [0, 0.1) is 86.9 Å². The second-order valence-corrected chi connectivity index (χ2v) is 32.8. The lowest BCUT2D eigenvalue weighted by Crippen LogP contribution is -2.32. The summed E-state index contributed by atoms with van der Waals surface area (Å²) in [5.41, 5.74) is -2.41. The molecule has 0 amide bonds. The summed E-state index contributed by atoms with van der Waals surface area (Å²) in [6.45, 7) is 6.41. The molecule has 1 aliphatic heterocycles. The zero-order valence-electron chi connectivity index (χ0n) is 52.4. The van der Waals surface area contributed by atoms with E-state index in [1.165, 1.54) is 14.0 Å². The largest absolute Gasteiger partial charge is 0.497 e. The highest BCUT2D eigenvalue weighted by atomic mass is 32.2. The maximum Gasteiger partial charge on any atom is 0.244 e. The molecule has 0 radical (unpaired) electrons. The molecular weight excluding hydrogens is 1480 g/mol. The molecule has 0 spiro atoms. The third-order valence-corrected chi connectivity index (χ3v) is 21.5. The van der Waals surface area contributed by atoms with Crippen LogP contribution in [0.3, 0.4) is 0 Å². The highest BCUT2D eigenvalue weighted by molar-refractivity contribution is 7.92. The fourth-order valence-electron chi connectivity index (χ4n) is 9.70. The molecule has 1 fully saturated rings. The fraction of sp³-hybridized carbons (Fsp3) is 0.311. The molecule has 552 valence electrons. The van der Waals surface area contributed by atoms with E-state index in [1.807, 2.05) is 0 Å². The van der Waals surface area contributed by atoms with Crippen LogP contribution in [0.5, 0.6) is 5.75 Å². The number of nitrogens with two attached hydrogens (primary N) is 4. The van der Waals surface area contributed by atoms with Crippen LogP contribution >= 0.6 is 0 Å². The number of nitrogens with zero attached hydrogens (tertiary/aromatic N) is 1. The second kappa shape index (κ2) is 33.5. The molecule has 1 aliphatic rings. The molecule has 1 heterocycles. The number of ether oxygens (including phenoxy) is 1. The summed E-state index contributed by atoms with van der Waals surface area (Å²) in [6, 6.07) is 23.1. The summed E-state index contributed by atoms with van der Waals surface area (Å²) in [6.07, 6.45) is 1.35. The van der Waals surface area contributed by atoms with Gasteiger partial charge in [-0.15, -0.1) is 0 Å². The summed E-state index contributed by atoms with van der Waals surface area (Å²) in [7, 11) is -27.1. The molecule has 0 saturated carbocycles. The molecule has 1 saturated heterocycles. The standard InChI is InChI=1S/C19H22F3NO4S2.C16H16F3NO4S2.C14H12F4N2O3S.C11H12F4N2O2S.CH4/c1-19(2,3)11-13-14(20)18(29(23,26)27)16(22)15(21)17(13)28(24,25)10-9-12-7-5-4-6-8-12;1-2-11-12(17)16(26(20,23)24)14(19)13(18)15(11)25(21,22)9-8-10-6-4-3-5-7-10;1-23-8-4-2-7(3-5-8)6-20-13-11(17)9(15)10(16)12(18)14(13)24(19,21)22;12-6-8(14)11(20(16,18)19)9(15)7(13)10(6)17-4-2-1-3-5-17;/h4-8H,9-11H2,1-3H3,(H2,23,26,27);3-7H,2,8-9H2,1H3,(H2,20,23,24);2-5,20H,6H2,1H3,(H2,19,21,22);1-5H2,(H2,16,18,19);1H4. The van der Waals surface area contributed by atoms with Gasteiger partial charge in [0, 0.05) is 30.8 Å². The molecule has 100 heavy (non-hydrogen) atoms. The molecule has 19 nitrogen and oxygen atoms in total. The number of aryl methyl sites for hydroxylation is 2. The number of benzene rings is 7. The van der Waals surface area contributed by atoms with Gasteiger partial charge < -0.3 is 15.0 Å². The van der Waals surface area contributed by atoms with Crippen LogP contribution in [0.4, 0.5) is 72.8 Å². The maximum absolute atomic E-state index is 15.0. The Labute approximate surface area is 568 Å². The molecule has 8 rings (SSSR count). The van der Waals surface area contributed by atoms with Gasteiger partial charge in [0.25, 0.3) is 0 Å². The smallest absolute Gasteiger partial charge is 0.244 e. The Hall–Kier alpha value is -7.50. The lowest BCUT2D eigenvalue weighted by atomic mass is 9.88. The van der Waals surface area contributed by atoms with Crippen molar-refractivity contribution in [3.8, 4) is 5.75 Å². The van der Waals surface area contributed by atoms with Crippen LogP contribution in [0.2, 0.25) is 0 Å². The Bertz CT molecular complexity index is 4860. The molecule has 0 bridgehead atoms. The van der Waals surface area contributed by atoms with Crippen LogP contribution in [0.15, 0.2) is 114 Å². The number of methoxy groups -OCH3 is 1. The SMILES string of the molecule is C.CC(C)(C)Cc1c(F)c(S(N)(=O)=O)c(F)c(F)c1S(=O)(=O)CCc1ccccc1.CCc1c(F)c(S(N)(=O)=O)c(F)c(F)c1S(=O)(=O)CCc1ccccc1.COc1ccc(CNc2c(F)c(F)c(F)c(F)c2S(N)(=O)=O)cc1.NS(=O)(=O)c1c(F)c(F)c(N2CCCCC2)c(F)c1F. The van der Waals surface area contributed by atoms with E-state index >= 15 is 0 Å². The molecule has 7 aromatic rings. The van der Waals surface area contributed by atoms with Crippen LogP contribution in [0.25, 0.3) is 0 Å². The summed E-state index contributed by atoms with van der Waals surface area (Å²) in [5, 5.41) is 21.1. The van der Waals surface area contributed by atoms with Gasteiger partial charge in [-0.25, -0.2) is 133 Å². The number of hydrogen-bond donors (Lipinski definition) is 5. The first-order valence-corrected chi connectivity index (χ1v) is 37.9. The lowest BCUT2D eigenvalue weighted by molar-refractivity contribution is 0.378. The van der Waals surface area contributed by atoms with E-state index in [9.17, 15) is 112 Å². The van der Waals surface area contributed by atoms with Crippen molar-refractivity contribution < 1.29 is 117 Å². The van der Waals surface area contributed by atoms with Gasteiger partial charge in [0.2, 0.25) is 40.1 Å². The summed E-state index contributed by atoms with van der Waals surface area (Å²) in [4.78, 5) is -7.78. The highest BCUT2D eigenvalue weighted by Crippen LogP contribution is 2.39. The normalized spacial score (nSPS) is 13.0. The molecular formula is C61H66F14N6O13S6. The predicted octanol–water partition coefficient (Wildman–Crippen LogP) is 10.7. The maximum atomic E-state index is 15.0. The molecule has 7 aromatic carbocycles. The van der Waals surface area contributed by atoms with Crippen molar-refractivity contribution in [2.75, 3.05) is 41.9 Å². The number of piperidine rings is 1. The van der Waals surface area contributed by atoms with Gasteiger partial charge in [-0.1, -0.05) is 108 Å². The molecule has 0 atom stereocenters. The number of sulfone groups is 2. The number of rotatable bonds is 19. The summed E-state index contributed by atoms with van der Waals surface area (Å²) < 4.78 is 343. The molecule has 0 aromatic heterocycles.